The summed E-state index contributed by atoms with van der Waals surface area (Å²) in [5, 5.41) is 13.1. The van der Waals surface area contributed by atoms with Crippen molar-refractivity contribution in [2.24, 2.45) is 0 Å². The number of benzene rings is 1. The zero-order valence-electron chi connectivity index (χ0n) is 15.5. The Bertz CT molecular complexity index is 1060. The molecule has 30 heavy (non-hydrogen) atoms. The quantitative estimate of drug-likeness (QED) is 0.510. The van der Waals surface area contributed by atoms with Crippen LogP contribution in [0.3, 0.4) is 0 Å². The summed E-state index contributed by atoms with van der Waals surface area (Å²) in [5.74, 6) is -1.69. The van der Waals surface area contributed by atoms with E-state index in [1.165, 1.54) is 29.5 Å². The van der Waals surface area contributed by atoms with Crippen molar-refractivity contribution in [2.75, 3.05) is 5.75 Å². The first kappa shape index (κ1) is 20.2. The summed E-state index contributed by atoms with van der Waals surface area (Å²) in [6.07, 6.45) is 3.10. The van der Waals surface area contributed by atoms with Crippen molar-refractivity contribution in [3.63, 3.8) is 0 Å². The number of carbonyl (C=O) groups is 3. The molecular formula is C20H16N4O4S2. The highest BCUT2D eigenvalue weighted by Crippen LogP contribution is 2.47. The van der Waals surface area contributed by atoms with Gasteiger partial charge in [0.2, 0.25) is 5.91 Å². The Morgan fingerprint density at radius 2 is 1.97 bits per heavy atom. The number of hydrogen-bond acceptors (Lipinski definition) is 7. The van der Waals surface area contributed by atoms with E-state index in [1.54, 1.807) is 6.07 Å². The smallest absolute Gasteiger partial charge is 0.353 e. The van der Waals surface area contributed by atoms with Crippen molar-refractivity contribution in [3.8, 4) is 0 Å². The molecule has 4 rings (SSSR count). The van der Waals surface area contributed by atoms with Crippen molar-refractivity contribution in [3.05, 3.63) is 65.9 Å². The molecule has 0 spiro atoms. The van der Waals surface area contributed by atoms with Gasteiger partial charge in [-0.2, -0.15) is 0 Å². The molecule has 10 heteroatoms. The van der Waals surface area contributed by atoms with Crippen molar-refractivity contribution >= 4 is 52.7 Å². The maximum absolute atomic E-state index is 13.1. The van der Waals surface area contributed by atoms with Gasteiger partial charge in [0, 0.05) is 29.1 Å². The van der Waals surface area contributed by atoms with E-state index >= 15 is 0 Å². The van der Waals surface area contributed by atoms with Gasteiger partial charge < -0.3 is 10.4 Å². The third-order valence-electron chi connectivity index (χ3n) is 4.89. The molecule has 2 atom stereocenters. The Kier molecular flexibility index (Phi) is 5.35. The van der Waals surface area contributed by atoms with E-state index in [0.717, 1.165) is 10.5 Å². The van der Waals surface area contributed by atoms with Crippen LogP contribution >= 0.6 is 24.0 Å². The number of thioether (sulfide) groups is 1. The second-order valence-corrected chi connectivity index (χ2v) is 8.04. The third-order valence-corrected chi connectivity index (χ3v) is 6.61. The summed E-state index contributed by atoms with van der Waals surface area (Å²) in [7, 11) is 0. The van der Waals surface area contributed by atoms with E-state index in [1.807, 2.05) is 30.3 Å². The van der Waals surface area contributed by atoms with Crippen LogP contribution in [0, 0.1) is 0 Å². The zero-order valence-corrected chi connectivity index (χ0v) is 17.2. The predicted octanol–water partition coefficient (Wildman–Crippen LogP) is 1.28. The number of β-lactam (4-membered cyclic amide) rings is 1. The monoisotopic (exact) mass is 440 g/mol. The lowest BCUT2D eigenvalue weighted by Gasteiger charge is -2.55. The highest BCUT2D eigenvalue weighted by Gasteiger charge is 2.64. The topological polar surface area (TPSA) is 112 Å². The maximum Gasteiger partial charge on any atom is 0.353 e. The minimum atomic E-state index is -1.43. The van der Waals surface area contributed by atoms with E-state index in [9.17, 15) is 19.5 Å². The largest absolute Gasteiger partial charge is 0.477 e. The van der Waals surface area contributed by atoms with Crippen molar-refractivity contribution in [1.82, 2.24) is 20.2 Å². The normalized spacial score (nSPS) is 22.7. The lowest BCUT2D eigenvalue weighted by molar-refractivity contribution is -0.153. The number of nitrogens with zero attached hydrogens (tertiary/aromatic N) is 3. The first-order chi connectivity index (χ1) is 14.5. The van der Waals surface area contributed by atoms with Crippen LogP contribution in [0.25, 0.3) is 5.57 Å². The molecule has 1 aromatic heterocycles. The minimum Gasteiger partial charge on any atom is -0.477 e. The summed E-state index contributed by atoms with van der Waals surface area (Å²) in [6, 6.07) is 10.7. The number of aliphatic carboxylic acids is 1. The van der Waals surface area contributed by atoms with Gasteiger partial charge in [-0.3, -0.25) is 14.5 Å². The van der Waals surface area contributed by atoms with Gasteiger partial charge in [-0.1, -0.05) is 42.5 Å². The Morgan fingerprint density at radius 1 is 1.27 bits per heavy atom. The van der Waals surface area contributed by atoms with Gasteiger partial charge >= 0.3 is 5.97 Å². The zero-order chi connectivity index (χ0) is 21.3. The van der Waals surface area contributed by atoms with E-state index in [-0.39, 0.29) is 29.6 Å². The van der Waals surface area contributed by atoms with Gasteiger partial charge in [0.25, 0.3) is 5.91 Å². The lowest BCUT2D eigenvalue weighted by atomic mass is 9.87. The molecule has 0 bridgehead atoms. The van der Waals surface area contributed by atoms with Gasteiger partial charge in [0.15, 0.2) is 11.4 Å². The van der Waals surface area contributed by atoms with Crippen LogP contribution in [0.5, 0.6) is 0 Å². The Hall–Kier alpha value is -3.11. The van der Waals surface area contributed by atoms with Gasteiger partial charge in [-0.15, -0.1) is 11.8 Å². The molecule has 2 aromatic rings. The van der Waals surface area contributed by atoms with Gasteiger partial charge in [-0.05, 0) is 11.6 Å². The summed E-state index contributed by atoms with van der Waals surface area (Å²) >= 11 is 6.42. The van der Waals surface area contributed by atoms with Crippen LogP contribution in [-0.4, -0.2) is 59.8 Å². The van der Waals surface area contributed by atoms with Crippen LogP contribution in [0.2, 0.25) is 0 Å². The number of aromatic nitrogens is 2. The second kappa shape index (κ2) is 7.96. The number of carboxylic acids is 1. The summed E-state index contributed by atoms with van der Waals surface area (Å²) in [5.41, 5.74) is -0.467. The average molecular weight is 441 g/mol. The molecule has 0 saturated carbocycles. The standard InChI is InChI=1S/C20H16N4O4S2/c25-14(9-12-5-2-1-3-6-12)23-20(11-29)18(28)24-15(17(26)27)13(10-30-19(20)24)16-21-7-4-8-22-16/h1-8,11,19H,9-10H2,(H,23,25)(H,26,27)/t19-,20?/m0/s1. The fourth-order valence-electron chi connectivity index (χ4n) is 3.52. The Balaban J connectivity index is 1.62. The lowest BCUT2D eigenvalue weighted by Crippen LogP contribution is -2.80. The highest BCUT2D eigenvalue weighted by atomic mass is 32.2. The van der Waals surface area contributed by atoms with E-state index in [4.69, 9.17) is 12.2 Å². The molecule has 152 valence electrons. The summed E-state index contributed by atoms with van der Waals surface area (Å²) < 4.78 is 0. The number of carbonyl (C=O) groups excluding carboxylic acids is 2. The first-order valence-electron chi connectivity index (χ1n) is 8.98. The number of amides is 2. The molecule has 2 aliphatic rings. The van der Waals surface area contributed by atoms with Crippen molar-refractivity contribution in [2.45, 2.75) is 17.3 Å². The molecule has 0 radical (unpaired) electrons. The van der Waals surface area contributed by atoms with Crippen LogP contribution in [0.4, 0.5) is 0 Å². The molecule has 1 aromatic carbocycles. The number of hydrogen-bond donors (Lipinski definition) is 2. The molecule has 1 unspecified atom stereocenters. The van der Waals surface area contributed by atoms with Crippen molar-refractivity contribution in [1.29, 1.82) is 0 Å². The van der Waals surface area contributed by atoms with E-state index in [0.29, 0.717) is 5.57 Å². The number of carboxylic acid groups (broad SMARTS) is 1. The fourth-order valence-corrected chi connectivity index (χ4v) is 5.32. The van der Waals surface area contributed by atoms with Crippen molar-refractivity contribution < 1.29 is 19.5 Å². The molecule has 2 aliphatic heterocycles. The van der Waals surface area contributed by atoms with Crippen LogP contribution in [0.1, 0.15) is 11.4 Å². The molecule has 1 saturated heterocycles. The number of thiocarbonyl (C=S) groups is 1. The maximum atomic E-state index is 13.1. The molecule has 0 aliphatic carbocycles. The predicted molar refractivity (Wildman–Crippen MR) is 114 cm³/mol. The molecular weight excluding hydrogens is 424 g/mol. The fraction of sp³-hybridized carbons (Fsp3) is 0.200. The Morgan fingerprint density at radius 3 is 2.60 bits per heavy atom. The van der Waals surface area contributed by atoms with Crippen LogP contribution in [-0.2, 0) is 20.8 Å². The molecule has 2 N–H and O–H groups in total. The van der Waals surface area contributed by atoms with E-state index in [2.05, 4.69) is 15.3 Å². The first-order valence-corrected chi connectivity index (χ1v) is 10.5. The minimum absolute atomic E-state index is 0.0845. The summed E-state index contributed by atoms with van der Waals surface area (Å²) in [4.78, 5) is 47.1. The van der Waals surface area contributed by atoms with Crippen LogP contribution < -0.4 is 5.32 Å². The summed E-state index contributed by atoms with van der Waals surface area (Å²) in [6.45, 7) is 0. The van der Waals surface area contributed by atoms with Gasteiger partial charge in [-0.25, -0.2) is 14.8 Å². The molecule has 1 fully saturated rings. The molecule has 2 amide bonds. The molecule has 8 nitrogen and oxygen atoms in total. The number of fused-ring (bicyclic) bond motifs is 1. The number of rotatable bonds is 6. The average Bonchev–Trinajstić information content (AvgIpc) is 2.77. The SMILES string of the molecule is O=C(Cc1ccccc1)NC1(C=S)C(=O)N2C(C(=O)O)=C(c3ncccn3)CS[C@H]21. The van der Waals surface area contributed by atoms with E-state index < -0.39 is 22.8 Å². The van der Waals surface area contributed by atoms with Gasteiger partial charge in [0.1, 0.15) is 11.1 Å². The number of nitrogens with one attached hydrogen (secondary N) is 1. The van der Waals surface area contributed by atoms with Crippen LogP contribution in [0.15, 0.2) is 54.5 Å². The van der Waals surface area contributed by atoms with Gasteiger partial charge in [0.05, 0.1) is 6.42 Å². The molecule has 3 heterocycles. The second-order valence-electron chi connectivity index (χ2n) is 6.74. The third kappa shape index (κ3) is 3.27. The Labute approximate surface area is 181 Å². The highest BCUT2D eigenvalue weighted by molar-refractivity contribution is 8.00.